The van der Waals surface area contributed by atoms with Gasteiger partial charge in [-0.3, -0.25) is 0 Å². The van der Waals surface area contributed by atoms with Gasteiger partial charge in [-0.15, -0.1) is 0 Å². The molecule has 0 aromatic heterocycles. The summed E-state index contributed by atoms with van der Waals surface area (Å²) < 4.78 is 15.8. The third-order valence-electron chi connectivity index (χ3n) is 3.18. The molecular formula is C14H18O5. The number of benzene rings is 1. The van der Waals surface area contributed by atoms with E-state index in [1.165, 1.54) is 7.11 Å². The maximum absolute atomic E-state index is 11.9. The number of esters is 1. The van der Waals surface area contributed by atoms with Crippen molar-refractivity contribution in [2.45, 2.75) is 37.9 Å². The minimum Gasteiger partial charge on any atom is -0.456 e. The molecule has 0 radical (unpaired) electrons. The van der Waals surface area contributed by atoms with E-state index in [1.807, 2.05) is 6.07 Å². The van der Waals surface area contributed by atoms with Crippen LogP contribution in [0.5, 0.6) is 0 Å². The van der Waals surface area contributed by atoms with Crippen LogP contribution in [0, 0.1) is 0 Å². The molecule has 5 nitrogen and oxygen atoms in total. The molecule has 19 heavy (non-hydrogen) atoms. The number of ether oxygens (including phenoxy) is 3. The lowest BCUT2D eigenvalue weighted by Crippen LogP contribution is -2.49. The molecule has 0 amide bonds. The zero-order valence-electron chi connectivity index (χ0n) is 11.0. The van der Waals surface area contributed by atoms with E-state index in [-0.39, 0.29) is 0 Å². The van der Waals surface area contributed by atoms with Crippen LogP contribution < -0.4 is 0 Å². The number of hydrogen-bond acceptors (Lipinski definition) is 5. The van der Waals surface area contributed by atoms with Crippen LogP contribution in [0.2, 0.25) is 0 Å². The minimum atomic E-state index is -0.848. The van der Waals surface area contributed by atoms with Crippen LogP contribution in [0.25, 0.3) is 0 Å². The monoisotopic (exact) mass is 266 g/mol. The number of methoxy groups -OCH3 is 1. The van der Waals surface area contributed by atoms with E-state index in [2.05, 4.69) is 0 Å². The van der Waals surface area contributed by atoms with Gasteiger partial charge in [-0.25, -0.2) is 4.79 Å². The van der Waals surface area contributed by atoms with Gasteiger partial charge in [0.15, 0.2) is 6.29 Å². The van der Waals surface area contributed by atoms with Gasteiger partial charge in [-0.2, -0.15) is 0 Å². The first-order valence-corrected chi connectivity index (χ1v) is 6.24. The van der Waals surface area contributed by atoms with E-state index in [0.717, 1.165) is 0 Å². The van der Waals surface area contributed by atoms with Gasteiger partial charge in [-0.1, -0.05) is 18.2 Å². The van der Waals surface area contributed by atoms with Crippen LogP contribution in [-0.4, -0.2) is 42.8 Å². The first-order valence-electron chi connectivity index (χ1n) is 6.24. The van der Waals surface area contributed by atoms with Gasteiger partial charge in [0, 0.05) is 13.5 Å². The van der Waals surface area contributed by atoms with Crippen molar-refractivity contribution in [1.29, 1.82) is 0 Å². The second kappa shape index (κ2) is 6.14. The normalized spacial score (nSPS) is 30.9. The average Bonchev–Trinajstić information content (AvgIpc) is 2.44. The van der Waals surface area contributed by atoms with Crippen LogP contribution in [0.3, 0.4) is 0 Å². The largest absolute Gasteiger partial charge is 0.456 e. The van der Waals surface area contributed by atoms with E-state index in [0.29, 0.717) is 12.0 Å². The predicted octanol–water partition coefficient (Wildman–Crippen LogP) is 1.35. The molecule has 4 atom stereocenters. The maximum Gasteiger partial charge on any atom is 0.338 e. The lowest BCUT2D eigenvalue weighted by Gasteiger charge is -2.36. The first kappa shape index (κ1) is 14.0. The molecule has 0 saturated carbocycles. The molecular weight excluding hydrogens is 248 g/mol. The Hall–Kier alpha value is -1.43. The summed E-state index contributed by atoms with van der Waals surface area (Å²) in [5, 5.41) is 9.99. The van der Waals surface area contributed by atoms with E-state index >= 15 is 0 Å². The van der Waals surface area contributed by atoms with Crippen LogP contribution in [0.15, 0.2) is 30.3 Å². The summed E-state index contributed by atoms with van der Waals surface area (Å²) in [6.07, 6.45) is -2.06. The fraction of sp³-hybridized carbons (Fsp3) is 0.500. The van der Waals surface area contributed by atoms with Gasteiger partial charge in [0.05, 0.1) is 11.7 Å². The molecule has 1 aromatic rings. The fourth-order valence-corrected chi connectivity index (χ4v) is 2.06. The minimum absolute atomic E-state index is 0.320. The second-order valence-corrected chi connectivity index (χ2v) is 4.54. The smallest absolute Gasteiger partial charge is 0.338 e. The van der Waals surface area contributed by atoms with Gasteiger partial charge in [0.2, 0.25) is 0 Å². The molecule has 0 aliphatic carbocycles. The summed E-state index contributed by atoms with van der Waals surface area (Å²) >= 11 is 0. The Balaban J connectivity index is 2.02. The van der Waals surface area contributed by atoms with Crippen LogP contribution in [-0.2, 0) is 14.2 Å². The summed E-state index contributed by atoms with van der Waals surface area (Å²) in [6, 6.07) is 8.69. The molecule has 1 heterocycles. The maximum atomic E-state index is 11.9. The highest BCUT2D eigenvalue weighted by molar-refractivity contribution is 5.89. The first-order chi connectivity index (χ1) is 9.11. The standard InChI is InChI=1S/C14H18O5/c1-9-13(15)11(8-12(17-2)18-9)19-14(16)10-6-4-3-5-7-10/h3-7,9,11-13,15H,8H2,1-2H3/t9-,11-,12-,13+/m1/s1. The highest BCUT2D eigenvalue weighted by Gasteiger charge is 2.37. The fourth-order valence-electron chi connectivity index (χ4n) is 2.06. The Bertz CT molecular complexity index is 419. The Kier molecular flexibility index (Phi) is 4.52. The Morgan fingerprint density at radius 1 is 1.37 bits per heavy atom. The zero-order valence-corrected chi connectivity index (χ0v) is 11.0. The number of carbonyl (C=O) groups is 1. The summed E-state index contributed by atoms with van der Waals surface area (Å²) in [4.78, 5) is 11.9. The van der Waals surface area contributed by atoms with Gasteiger partial charge >= 0.3 is 5.97 Å². The van der Waals surface area contributed by atoms with Gasteiger partial charge in [0.25, 0.3) is 0 Å². The lowest BCUT2D eigenvalue weighted by atomic mass is 10.0. The number of aliphatic hydroxyl groups excluding tert-OH is 1. The van der Waals surface area contributed by atoms with Crippen molar-refractivity contribution in [2.24, 2.45) is 0 Å². The molecule has 1 aliphatic rings. The molecule has 0 bridgehead atoms. The van der Waals surface area contributed by atoms with Gasteiger partial charge < -0.3 is 19.3 Å². The molecule has 1 aromatic carbocycles. The average molecular weight is 266 g/mol. The number of hydrogen-bond donors (Lipinski definition) is 1. The zero-order chi connectivity index (χ0) is 13.8. The van der Waals surface area contributed by atoms with Gasteiger partial charge in [-0.05, 0) is 19.1 Å². The Morgan fingerprint density at radius 3 is 2.68 bits per heavy atom. The van der Waals surface area contributed by atoms with Crippen molar-refractivity contribution in [2.75, 3.05) is 7.11 Å². The van der Waals surface area contributed by atoms with Crippen LogP contribution >= 0.6 is 0 Å². The van der Waals surface area contributed by atoms with E-state index in [4.69, 9.17) is 14.2 Å². The predicted molar refractivity (Wildman–Crippen MR) is 67.6 cm³/mol. The highest BCUT2D eigenvalue weighted by Crippen LogP contribution is 2.23. The summed E-state index contributed by atoms with van der Waals surface area (Å²) in [5.74, 6) is -0.450. The van der Waals surface area contributed by atoms with Crippen molar-refractivity contribution in [3.05, 3.63) is 35.9 Å². The van der Waals surface area contributed by atoms with Gasteiger partial charge in [0.1, 0.15) is 12.2 Å². The topological polar surface area (TPSA) is 65.0 Å². The molecule has 1 saturated heterocycles. The van der Waals surface area contributed by atoms with Crippen LogP contribution in [0.1, 0.15) is 23.7 Å². The van der Waals surface area contributed by atoms with Crippen molar-refractivity contribution in [1.82, 2.24) is 0 Å². The number of aliphatic hydroxyl groups is 1. The molecule has 104 valence electrons. The molecule has 1 N–H and O–H groups in total. The third-order valence-corrected chi connectivity index (χ3v) is 3.18. The van der Waals surface area contributed by atoms with Crippen molar-refractivity contribution < 1.29 is 24.1 Å². The molecule has 2 rings (SSSR count). The number of rotatable bonds is 3. The molecule has 0 spiro atoms. The second-order valence-electron chi connectivity index (χ2n) is 4.54. The molecule has 0 unspecified atom stereocenters. The molecule has 5 heteroatoms. The summed E-state index contributed by atoms with van der Waals surface area (Å²) in [5.41, 5.74) is 0.461. The van der Waals surface area contributed by atoms with E-state index in [9.17, 15) is 9.90 Å². The summed E-state index contributed by atoms with van der Waals surface area (Å²) in [6.45, 7) is 1.72. The number of carbonyl (C=O) groups excluding carboxylic acids is 1. The third kappa shape index (κ3) is 3.32. The Labute approximate surface area is 112 Å². The van der Waals surface area contributed by atoms with Crippen LogP contribution in [0.4, 0.5) is 0 Å². The van der Waals surface area contributed by atoms with Crippen molar-refractivity contribution in [3.63, 3.8) is 0 Å². The molecule has 1 aliphatic heterocycles. The van der Waals surface area contributed by atoms with E-state index < -0.39 is 30.6 Å². The summed E-state index contributed by atoms with van der Waals surface area (Å²) in [7, 11) is 1.52. The quantitative estimate of drug-likeness (QED) is 0.837. The van der Waals surface area contributed by atoms with Crippen molar-refractivity contribution >= 4 is 5.97 Å². The Morgan fingerprint density at radius 2 is 2.05 bits per heavy atom. The lowest BCUT2D eigenvalue weighted by molar-refractivity contribution is -0.236. The highest BCUT2D eigenvalue weighted by atomic mass is 16.7. The van der Waals surface area contributed by atoms with E-state index in [1.54, 1.807) is 31.2 Å². The molecule has 1 fully saturated rings. The SMILES string of the molecule is CO[C@H]1C[C@@H](OC(=O)c2ccccc2)[C@@H](O)[C@@H](C)O1. The van der Waals surface area contributed by atoms with Crippen molar-refractivity contribution in [3.8, 4) is 0 Å².